The largest absolute Gasteiger partial charge is 0.481 e. The molecule has 1 fully saturated rings. The number of rotatable bonds is 8. The number of carboxylic acids is 1. The average Bonchev–Trinajstić information content (AvgIpc) is 3.46. The van der Waals surface area contributed by atoms with E-state index in [4.69, 9.17) is 9.63 Å². The minimum Gasteiger partial charge on any atom is -0.481 e. The van der Waals surface area contributed by atoms with Crippen LogP contribution in [-0.4, -0.2) is 66.3 Å². The van der Waals surface area contributed by atoms with Gasteiger partial charge in [-0.3, -0.25) is 14.4 Å². The standard InChI is InChI=1S/C23H23F6N5O4/c24-22(25,26)12-34-19(23(27,28)29)16(10-30-34)21-31-20(32-38-21)14-6-4-13(5-7-14)17(35)11-33-8-2-1-3-15(33)9-18(36)37/h4-7,10,15,17,35H,1-3,8-9,11-12H2,(H,36,37)/t15-,17-/m1/s1. The van der Waals surface area contributed by atoms with Crippen molar-refractivity contribution in [1.82, 2.24) is 24.8 Å². The third-order valence-electron chi connectivity index (χ3n) is 6.21. The lowest BCUT2D eigenvalue weighted by atomic mass is 9.97. The van der Waals surface area contributed by atoms with E-state index in [9.17, 15) is 36.2 Å². The van der Waals surface area contributed by atoms with Gasteiger partial charge in [-0.25, -0.2) is 0 Å². The fraction of sp³-hybridized carbons (Fsp3) is 0.478. The van der Waals surface area contributed by atoms with E-state index >= 15 is 0 Å². The van der Waals surface area contributed by atoms with Crippen LogP contribution >= 0.6 is 0 Å². The first-order chi connectivity index (χ1) is 17.8. The van der Waals surface area contributed by atoms with Crippen LogP contribution in [-0.2, 0) is 17.5 Å². The summed E-state index contributed by atoms with van der Waals surface area (Å²) >= 11 is 0. The molecule has 4 rings (SSSR count). The number of aromatic nitrogens is 4. The number of aliphatic hydroxyl groups excluding tert-OH is 1. The van der Waals surface area contributed by atoms with Gasteiger partial charge >= 0.3 is 18.3 Å². The van der Waals surface area contributed by atoms with Gasteiger partial charge in [-0.15, -0.1) is 0 Å². The van der Waals surface area contributed by atoms with Crippen LogP contribution in [0.2, 0.25) is 0 Å². The van der Waals surface area contributed by atoms with Crippen molar-refractivity contribution >= 4 is 5.97 Å². The Bertz CT molecular complexity index is 1250. The molecule has 2 aromatic heterocycles. The third-order valence-corrected chi connectivity index (χ3v) is 6.21. The number of hydrogen-bond acceptors (Lipinski definition) is 7. The van der Waals surface area contributed by atoms with Gasteiger partial charge in [-0.2, -0.15) is 36.4 Å². The molecule has 3 aromatic rings. The highest BCUT2D eigenvalue weighted by Crippen LogP contribution is 2.38. The molecule has 0 bridgehead atoms. The Kier molecular flexibility index (Phi) is 7.78. The van der Waals surface area contributed by atoms with Crippen LogP contribution in [0, 0.1) is 0 Å². The Labute approximate surface area is 211 Å². The zero-order chi connectivity index (χ0) is 27.7. The molecule has 3 heterocycles. The van der Waals surface area contributed by atoms with E-state index in [1.165, 1.54) is 12.1 Å². The van der Waals surface area contributed by atoms with Crippen molar-refractivity contribution < 1.29 is 45.9 Å². The predicted molar refractivity (Wildman–Crippen MR) is 118 cm³/mol. The molecule has 0 spiro atoms. The predicted octanol–water partition coefficient (Wildman–Crippen LogP) is 4.54. The molecule has 0 radical (unpaired) electrons. The summed E-state index contributed by atoms with van der Waals surface area (Å²) in [5.74, 6) is -1.68. The number of carboxylic acid groups (broad SMARTS) is 1. The van der Waals surface area contributed by atoms with E-state index in [-0.39, 0.29) is 29.5 Å². The Balaban J connectivity index is 1.50. The zero-order valence-electron chi connectivity index (χ0n) is 19.7. The molecule has 0 saturated carbocycles. The lowest BCUT2D eigenvalue weighted by Crippen LogP contribution is -2.43. The maximum Gasteiger partial charge on any atom is 0.433 e. The maximum atomic E-state index is 13.5. The summed E-state index contributed by atoms with van der Waals surface area (Å²) in [6, 6.07) is 5.98. The van der Waals surface area contributed by atoms with Gasteiger partial charge in [0.2, 0.25) is 5.82 Å². The molecule has 1 saturated heterocycles. The number of nitrogens with zero attached hydrogens (tertiary/aromatic N) is 5. The first-order valence-corrected chi connectivity index (χ1v) is 11.6. The van der Waals surface area contributed by atoms with Gasteiger partial charge in [0, 0.05) is 18.2 Å². The summed E-state index contributed by atoms with van der Waals surface area (Å²) in [5.41, 5.74) is -1.61. The highest BCUT2D eigenvalue weighted by atomic mass is 19.4. The van der Waals surface area contributed by atoms with E-state index in [0.717, 1.165) is 19.3 Å². The van der Waals surface area contributed by atoms with Crippen molar-refractivity contribution in [2.45, 2.75) is 56.7 Å². The number of alkyl halides is 6. The van der Waals surface area contributed by atoms with Gasteiger partial charge in [-0.1, -0.05) is 35.8 Å². The Morgan fingerprint density at radius 3 is 2.47 bits per heavy atom. The van der Waals surface area contributed by atoms with Crippen molar-refractivity contribution in [3.05, 3.63) is 41.7 Å². The van der Waals surface area contributed by atoms with Crippen molar-refractivity contribution in [1.29, 1.82) is 0 Å². The molecule has 1 aliphatic rings. The van der Waals surface area contributed by atoms with Crippen LogP contribution in [0.15, 0.2) is 35.0 Å². The number of aliphatic carboxylic acids is 1. The van der Waals surface area contributed by atoms with Crippen LogP contribution in [0.1, 0.15) is 43.0 Å². The Morgan fingerprint density at radius 2 is 1.84 bits per heavy atom. The summed E-state index contributed by atoms with van der Waals surface area (Å²) in [7, 11) is 0. The normalized spacial score (nSPS) is 18.0. The van der Waals surface area contributed by atoms with Crippen LogP contribution < -0.4 is 0 Å². The maximum absolute atomic E-state index is 13.5. The van der Waals surface area contributed by atoms with Gasteiger partial charge in [0.05, 0.1) is 24.3 Å². The molecule has 38 heavy (non-hydrogen) atoms. The molecule has 9 nitrogen and oxygen atoms in total. The molecular formula is C23H23F6N5O4. The van der Waals surface area contributed by atoms with Gasteiger partial charge < -0.3 is 14.7 Å². The second-order valence-electron chi connectivity index (χ2n) is 8.98. The van der Waals surface area contributed by atoms with Crippen molar-refractivity contribution in [2.75, 3.05) is 13.1 Å². The van der Waals surface area contributed by atoms with Gasteiger partial charge in [0.1, 0.15) is 6.54 Å². The molecule has 0 aliphatic carbocycles. The summed E-state index contributed by atoms with van der Waals surface area (Å²) in [6.45, 7) is -1.05. The quantitative estimate of drug-likeness (QED) is 0.395. The molecule has 206 valence electrons. The van der Waals surface area contributed by atoms with Crippen LogP contribution in [0.25, 0.3) is 22.8 Å². The minimum atomic E-state index is -5.17. The highest BCUT2D eigenvalue weighted by Gasteiger charge is 2.42. The summed E-state index contributed by atoms with van der Waals surface area (Å²) in [5, 5.41) is 26.7. The summed E-state index contributed by atoms with van der Waals surface area (Å²) in [4.78, 5) is 17.0. The lowest BCUT2D eigenvalue weighted by molar-refractivity contribution is -0.160. The van der Waals surface area contributed by atoms with Crippen molar-refractivity contribution in [3.8, 4) is 22.8 Å². The summed E-state index contributed by atoms with van der Waals surface area (Å²) in [6.07, 6.45) is -7.91. The Hall–Kier alpha value is -3.46. The smallest absolute Gasteiger partial charge is 0.433 e. The van der Waals surface area contributed by atoms with E-state index in [1.807, 2.05) is 4.90 Å². The number of β-amino-alcohol motifs (C(OH)–C–C–N with tert-alkyl or cyclic N) is 1. The first-order valence-electron chi connectivity index (χ1n) is 11.6. The molecule has 0 amide bonds. The number of piperidine rings is 1. The van der Waals surface area contributed by atoms with E-state index in [1.54, 1.807) is 12.1 Å². The third kappa shape index (κ3) is 6.51. The second-order valence-corrected chi connectivity index (χ2v) is 8.98. The zero-order valence-corrected chi connectivity index (χ0v) is 19.7. The van der Waals surface area contributed by atoms with E-state index in [2.05, 4.69) is 15.2 Å². The molecule has 0 unspecified atom stereocenters. The molecule has 2 atom stereocenters. The number of aliphatic hydroxyl groups is 1. The van der Waals surface area contributed by atoms with Crippen LogP contribution in [0.3, 0.4) is 0 Å². The lowest BCUT2D eigenvalue weighted by Gasteiger charge is -2.36. The molecule has 15 heteroatoms. The minimum absolute atomic E-state index is 0.0169. The molecule has 2 N–H and O–H groups in total. The highest BCUT2D eigenvalue weighted by molar-refractivity contribution is 5.67. The molecule has 1 aliphatic heterocycles. The molecule has 1 aromatic carbocycles. The van der Waals surface area contributed by atoms with E-state index in [0.29, 0.717) is 23.9 Å². The van der Waals surface area contributed by atoms with Crippen LogP contribution in [0.4, 0.5) is 26.3 Å². The fourth-order valence-electron chi connectivity index (χ4n) is 4.50. The topological polar surface area (TPSA) is 118 Å². The van der Waals surface area contributed by atoms with Crippen molar-refractivity contribution in [3.63, 3.8) is 0 Å². The van der Waals surface area contributed by atoms with Crippen molar-refractivity contribution in [2.24, 2.45) is 0 Å². The van der Waals surface area contributed by atoms with Gasteiger partial charge in [0.25, 0.3) is 5.89 Å². The first kappa shape index (κ1) is 27.6. The number of hydrogen-bond donors (Lipinski definition) is 2. The Morgan fingerprint density at radius 1 is 1.13 bits per heavy atom. The average molecular weight is 547 g/mol. The number of carbonyl (C=O) groups is 1. The number of benzene rings is 1. The number of halogens is 6. The number of likely N-dealkylation sites (tertiary alicyclic amines) is 1. The monoisotopic (exact) mass is 547 g/mol. The summed E-state index contributed by atoms with van der Waals surface area (Å²) < 4.78 is 83.4. The SMILES string of the molecule is O=C(O)C[C@H]1CCCCN1C[C@@H](O)c1ccc(-c2noc(-c3cnn(CC(F)(F)F)c3C(F)(F)F)n2)cc1. The van der Waals surface area contributed by atoms with Crippen LogP contribution in [0.5, 0.6) is 0 Å². The fourth-order valence-corrected chi connectivity index (χ4v) is 4.50. The van der Waals surface area contributed by atoms with Gasteiger partial charge in [-0.05, 0) is 24.9 Å². The van der Waals surface area contributed by atoms with Gasteiger partial charge in [0.15, 0.2) is 5.69 Å². The van der Waals surface area contributed by atoms with E-state index < -0.39 is 48.1 Å². The molecular weight excluding hydrogens is 524 g/mol. The second kappa shape index (κ2) is 10.7.